The van der Waals surface area contributed by atoms with E-state index in [-0.39, 0.29) is 17.3 Å². The Morgan fingerprint density at radius 2 is 2.17 bits per heavy atom. The van der Waals surface area contributed by atoms with Crippen molar-refractivity contribution >= 4 is 11.5 Å². The summed E-state index contributed by atoms with van der Waals surface area (Å²) in [5, 5.41) is 10.9. The average molecular weight is 245 g/mol. The van der Waals surface area contributed by atoms with Crippen LogP contribution in [0.5, 0.6) is 11.5 Å². The molecule has 0 aliphatic rings. The van der Waals surface area contributed by atoms with E-state index in [9.17, 15) is 10.1 Å². The molecule has 0 spiro atoms. The number of aromatic nitrogens is 1. The molecule has 0 unspecified atom stereocenters. The van der Waals surface area contributed by atoms with Gasteiger partial charge in [0, 0.05) is 12.3 Å². The number of hydrogen-bond donors (Lipinski definition) is 1. The fourth-order valence-corrected chi connectivity index (χ4v) is 1.52. The van der Waals surface area contributed by atoms with Gasteiger partial charge in [0.2, 0.25) is 11.6 Å². The number of hydrogen-bond acceptors (Lipinski definition) is 5. The molecule has 2 aromatic rings. The van der Waals surface area contributed by atoms with Crippen LogP contribution in [0.25, 0.3) is 0 Å². The van der Waals surface area contributed by atoms with Crippen LogP contribution >= 0.6 is 0 Å². The number of ether oxygens (including phenoxy) is 1. The lowest BCUT2D eigenvalue weighted by molar-refractivity contribution is -0.384. The van der Waals surface area contributed by atoms with Crippen molar-refractivity contribution in [3.8, 4) is 11.5 Å². The van der Waals surface area contributed by atoms with Gasteiger partial charge in [-0.1, -0.05) is 12.1 Å². The van der Waals surface area contributed by atoms with E-state index >= 15 is 0 Å². The molecule has 0 bridgehead atoms. The molecule has 0 radical (unpaired) electrons. The summed E-state index contributed by atoms with van der Waals surface area (Å²) >= 11 is 0. The van der Waals surface area contributed by atoms with E-state index < -0.39 is 4.92 Å². The molecule has 0 atom stereocenters. The number of benzene rings is 1. The lowest BCUT2D eigenvalue weighted by atomic mass is 10.2. The number of nitrogen functional groups attached to an aromatic ring is 1. The second-order valence-electron chi connectivity index (χ2n) is 3.72. The summed E-state index contributed by atoms with van der Waals surface area (Å²) in [6.45, 7) is 1.90. The third-order valence-electron chi connectivity index (χ3n) is 2.32. The van der Waals surface area contributed by atoms with Gasteiger partial charge in [-0.25, -0.2) is 4.98 Å². The number of rotatable bonds is 3. The van der Waals surface area contributed by atoms with Crippen LogP contribution in [0, 0.1) is 17.0 Å². The van der Waals surface area contributed by atoms with Gasteiger partial charge in [0.15, 0.2) is 0 Å². The van der Waals surface area contributed by atoms with Crippen molar-refractivity contribution in [1.82, 2.24) is 4.98 Å². The number of nitrogens with zero attached hydrogens (tertiary/aromatic N) is 2. The Morgan fingerprint density at radius 3 is 2.83 bits per heavy atom. The van der Waals surface area contributed by atoms with E-state index in [1.807, 2.05) is 13.0 Å². The highest BCUT2D eigenvalue weighted by molar-refractivity contribution is 5.61. The second kappa shape index (κ2) is 4.70. The number of nitrogens with two attached hydrogens (primary N) is 1. The highest BCUT2D eigenvalue weighted by Gasteiger charge is 2.20. The zero-order valence-electron chi connectivity index (χ0n) is 9.66. The monoisotopic (exact) mass is 245 g/mol. The van der Waals surface area contributed by atoms with Crippen LogP contribution in [0.2, 0.25) is 0 Å². The quantitative estimate of drug-likeness (QED) is 0.663. The van der Waals surface area contributed by atoms with Gasteiger partial charge in [-0.3, -0.25) is 10.1 Å². The summed E-state index contributed by atoms with van der Waals surface area (Å²) in [4.78, 5) is 14.0. The maximum absolute atomic E-state index is 10.9. The van der Waals surface area contributed by atoms with Gasteiger partial charge in [0.05, 0.1) is 4.92 Å². The molecule has 1 heterocycles. The summed E-state index contributed by atoms with van der Waals surface area (Å²) in [5.74, 6) is 0.437. The molecule has 0 saturated carbocycles. The Labute approximate surface area is 103 Å². The Kier molecular flexibility index (Phi) is 3.09. The van der Waals surface area contributed by atoms with Crippen LogP contribution in [0.1, 0.15) is 5.56 Å². The minimum absolute atomic E-state index is 0.0816. The Hall–Kier alpha value is -2.63. The molecule has 6 heteroatoms. The Morgan fingerprint density at radius 1 is 1.39 bits per heavy atom. The Bertz CT molecular complexity index is 599. The number of pyridine rings is 1. The molecule has 92 valence electrons. The van der Waals surface area contributed by atoms with Crippen molar-refractivity contribution in [2.75, 3.05) is 5.73 Å². The molecule has 0 aliphatic carbocycles. The highest BCUT2D eigenvalue weighted by atomic mass is 16.6. The predicted molar refractivity (Wildman–Crippen MR) is 66.6 cm³/mol. The van der Waals surface area contributed by atoms with Crippen LogP contribution in [-0.4, -0.2) is 9.91 Å². The first-order chi connectivity index (χ1) is 8.58. The molecule has 2 N–H and O–H groups in total. The smallest absolute Gasteiger partial charge is 0.353 e. The number of nitro groups is 1. The topological polar surface area (TPSA) is 91.3 Å². The normalized spacial score (nSPS) is 10.1. The lowest BCUT2D eigenvalue weighted by Crippen LogP contribution is -2.00. The van der Waals surface area contributed by atoms with Crippen LogP contribution in [-0.2, 0) is 0 Å². The van der Waals surface area contributed by atoms with Crippen LogP contribution in [0.4, 0.5) is 11.5 Å². The van der Waals surface area contributed by atoms with E-state index in [0.29, 0.717) is 5.75 Å². The Balaban J connectivity index is 2.40. The molecule has 0 amide bonds. The van der Waals surface area contributed by atoms with Crippen LogP contribution in [0.15, 0.2) is 36.5 Å². The minimum Gasteiger partial charge on any atom is -0.450 e. The van der Waals surface area contributed by atoms with Gasteiger partial charge in [-0.2, -0.15) is 0 Å². The van der Waals surface area contributed by atoms with Gasteiger partial charge >= 0.3 is 5.69 Å². The maximum Gasteiger partial charge on any atom is 0.353 e. The largest absolute Gasteiger partial charge is 0.450 e. The third-order valence-corrected chi connectivity index (χ3v) is 2.32. The van der Waals surface area contributed by atoms with Crippen LogP contribution in [0.3, 0.4) is 0 Å². The van der Waals surface area contributed by atoms with E-state index in [4.69, 9.17) is 10.5 Å². The third kappa shape index (κ3) is 2.37. The summed E-state index contributed by atoms with van der Waals surface area (Å²) in [6.07, 6.45) is 1.37. The first-order valence-electron chi connectivity index (χ1n) is 5.21. The van der Waals surface area contributed by atoms with E-state index in [1.165, 1.54) is 12.3 Å². The number of anilines is 1. The summed E-state index contributed by atoms with van der Waals surface area (Å²) in [7, 11) is 0. The molecule has 1 aromatic heterocycles. The van der Waals surface area contributed by atoms with Crippen LogP contribution < -0.4 is 10.5 Å². The molecule has 0 fully saturated rings. The zero-order valence-corrected chi connectivity index (χ0v) is 9.66. The van der Waals surface area contributed by atoms with Gasteiger partial charge in [0.25, 0.3) is 0 Å². The summed E-state index contributed by atoms with van der Waals surface area (Å²) < 4.78 is 5.47. The van der Waals surface area contributed by atoms with Gasteiger partial charge in [-0.05, 0) is 24.6 Å². The van der Waals surface area contributed by atoms with Crippen molar-refractivity contribution in [1.29, 1.82) is 0 Å². The minimum atomic E-state index is -0.604. The van der Waals surface area contributed by atoms with Gasteiger partial charge in [0.1, 0.15) is 5.75 Å². The van der Waals surface area contributed by atoms with Crippen molar-refractivity contribution in [3.05, 3.63) is 52.2 Å². The van der Waals surface area contributed by atoms with E-state index in [1.54, 1.807) is 18.2 Å². The SMILES string of the molecule is Cc1cccc(Oc2ccnc(N)c2[N+](=O)[O-])c1. The van der Waals surface area contributed by atoms with Gasteiger partial charge in [-0.15, -0.1) is 0 Å². The summed E-state index contributed by atoms with van der Waals surface area (Å²) in [6, 6.07) is 8.62. The number of aryl methyl sites for hydroxylation is 1. The fraction of sp³-hybridized carbons (Fsp3) is 0.0833. The first kappa shape index (κ1) is 11.8. The predicted octanol–water partition coefficient (Wildman–Crippen LogP) is 2.67. The highest BCUT2D eigenvalue weighted by Crippen LogP contribution is 2.34. The fourth-order valence-electron chi connectivity index (χ4n) is 1.52. The van der Waals surface area contributed by atoms with E-state index in [0.717, 1.165) is 5.56 Å². The lowest BCUT2D eigenvalue weighted by Gasteiger charge is -2.07. The molecule has 18 heavy (non-hydrogen) atoms. The van der Waals surface area contributed by atoms with Crippen molar-refractivity contribution < 1.29 is 9.66 Å². The maximum atomic E-state index is 10.9. The van der Waals surface area contributed by atoms with Gasteiger partial charge < -0.3 is 10.5 Å². The van der Waals surface area contributed by atoms with E-state index in [2.05, 4.69) is 4.98 Å². The standard InChI is InChI=1S/C12H11N3O3/c1-8-3-2-4-9(7-8)18-10-5-6-14-12(13)11(10)15(16)17/h2-7H,1H3,(H2,13,14). The molecule has 6 nitrogen and oxygen atoms in total. The average Bonchev–Trinajstić information content (AvgIpc) is 2.28. The molecular formula is C12H11N3O3. The first-order valence-corrected chi connectivity index (χ1v) is 5.21. The van der Waals surface area contributed by atoms with Crippen molar-refractivity contribution in [3.63, 3.8) is 0 Å². The van der Waals surface area contributed by atoms with Crippen molar-refractivity contribution in [2.24, 2.45) is 0 Å². The molecular weight excluding hydrogens is 234 g/mol. The molecule has 0 aliphatic heterocycles. The molecule has 2 rings (SSSR count). The van der Waals surface area contributed by atoms with Crippen molar-refractivity contribution in [2.45, 2.75) is 6.92 Å². The molecule has 0 saturated heterocycles. The zero-order chi connectivity index (χ0) is 13.1. The summed E-state index contributed by atoms with van der Waals surface area (Å²) in [5.41, 5.74) is 6.15. The molecule has 1 aromatic carbocycles. The second-order valence-corrected chi connectivity index (χ2v) is 3.72.